The fraction of sp³-hybridized carbons (Fsp3) is 0.368. The van der Waals surface area contributed by atoms with Crippen LogP contribution in [0.1, 0.15) is 16.9 Å². The first-order chi connectivity index (χ1) is 13.8. The van der Waals surface area contributed by atoms with Gasteiger partial charge in [-0.15, -0.1) is 22.7 Å². The highest BCUT2D eigenvalue weighted by molar-refractivity contribution is 7.20. The third-order valence-corrected chi connectivity index (χ3v) is 6.49. The third-order valence-electron chi connectivity index (χ3n) is 4.61. The smallest absolute Gasteiger partial charge is 0.270 e. The van der Waals surface area contributed by atoms with E-state index < -0.39 is 0 Å². The van der Waals surface area contributed by atoms with Crippen LogP contribution in [0.3, 0.4) is 0 Å². The minimum atomic E-state index is -0.0925. The van der Waals surface area contributed by atoms with Gasteiger partial charge in [-0.25, -0.2) is 15.0 Å². The number of carbonyl (C=O) groups is 1. The lowest BCUT2D eigenvalue weighted by Crippen LogP contribution is -2.47. The van der Waals surface area contributed by atoms with Gasteiger partial charge >= 0.3 is 0 Å². The van der Waals surface area contributed by atoms with Crippen LogP contribution in [0.15, 0.2) is 41.4 Å². The molecule has 0 bridgehead atoms. The molecule has 1 fully saturated rings. The zero-order chi connectivity index (χ0) is 19.2. The van der Waals surface area contributed by atoms with E-state index in [9.17, 15) is 4.79 Å². The molecule has 0 aliphatic carbocycles. The zero-order valence-electron chi connectivity index (χ0n) is 15.5. The molecule has 9 heteroatoms. The van der Waals surface area contributed by atoms with Crippen molar-refractivity contribution in [2.24, 2.45) is 0 Å². The molecule has 1 aliphatic heterocycles. The molecule has 0 atom stereocenters. The fourth-order valence-electron chi connectivity index (χ4n) is 3.11. The SMILES string of the molecule is O=C(NCCCN1CCN(c2ncccn2)CC1)c1csc(-c2cccs2)n1. The van der Waals surface area contributed by atoms with E-state index in [1.54, 1.807) is 23.7 Å². The maximum absolute atomic E-state index is 12.3. The number of amides is 1. The van der Waals surface area contributed by atoms with Gasteiger partial charge in [0.05, 0.1) is 4.88 Å². The van der Waals surface area contributed by atoms with Gasteiger partial charge < -0.3 is 10.2 Å². The highest BCUT2D eigenvalue weighted by Gasteiger charge is 2.18. The topological polar surface area (TPSA) is 74.2 Å². The van der Waals surface area contributed by atoms with Crippen LogP contribution in [0.2, 0.25) is 0 Å². The van der Waals surface area contributed by atoms with Crippen molar-refractivity contribution < 1.29 is 4.79 Å². The molecule has 1 saturated heterocycles. The van der Waals surface area contributed by atoms with E-state index in [0.717, 1.165) is 55.0 Å². The Kier molecular flexibility index (Phi) is 6.25. The molecule has 0 radical (unpaired) electrons. The van der Waals surface area contributed by atoms with Crippen LogP contribution < -0.4 is 10.2 Å². The Morgan fingerprint density at radius 1 is 1.11 bits per heavy atom. The lowest BCUT2D eigenvalue weighted by Gasteiger charge is -2.34. The highest BCUT2D eigenvalue weighted by atomic mass is 32.1. The number of carbonyl (C=O) groups excluding carboxylic acids is 1. The molecular formula is C19H22N6OS2. The van der Waals surface area contributed by atoms with Crippen LogP contribution >= 0.6 is 22.7 Å². The molecule has 1 aliphatic rings. The predicted octanol–water partition coefficient (Wildman–Crippen LogP) is 2.60. The zero-order valence-corrected chi connectivity index (χ0v) is 17.1. The second-order valence-corrected chi connectivity index (χ2v) is 8.31. The van der Waals surface area contributed by atoms with E-state index in [4.69, 9.17) is 0 Å². The third kappa shape index (κ3) is 4.73. The predicted molar refractivity (Wildman–Crippen MR) is 113 cm³/mol. The van der Waals surface area contributed by atoms with Gasteiger partial charge in [-0.05, 0) is 30.5 Å². The van der Waals surface area contributed by atoms with E-state index in [0.29, 0.717) is 12.2 Å². The summed E-state index contributed by atoms with van der Waals surface area (Å²) in [5.41, 5.74) is 0.505. The molecule has 1 N–H and O–H groups in total. The number of thiophene rings is 1. The van der Waals surface area contributed by atoms with Crippen molar-refractivity contribution in [2.45, 2.75) is 6.42 Å². The summed E-state index contributed by atoms with van der Waals surface area (Å²) in [5.74, 6) is 0.713. The first-order valence-corrected chi connectivity index (χ1v) is 11.1. The molecule has 4 rings (SSSR count). The number of aromatic nitrogens is 3. The molecule has 28 heavy (non-hydrogen) atoms. The average Bonchev–Trinajstić information content (AvgIpc) is 3.44. The number of thiazole rings is 1. The maximum Gasteiger partial charge on any atom is 0.270 e. The summed E-state index contributed by atoms with van der Waals surface area (Å²) in [6.07, 6.45) is 4.49. The Hall–Kier alpha value is -2.36. The van der Waals surface area contributed by atoms with Crippen LogP contribution in [0.4, 0.5) is 5.95 Å². The van der Waals surface area contributed by atoms with Gasteiger partial charge in [0.1, 0.15) is 10.7 Å². The van der Waals surface area contributed by atoms with Crippen LogP contribution in [0, 0.1) is 0 Å². The Morgan fingerprint density at radius 3 is 2.68 bits per heavy atom. The molecular weight excluding hydrogens is 392 g/mol. The van der Waals surface area contributed by atoms with Gasteiger partial charge in [0.2, 0.25) is 5.95 Å². The van der Waals surface area contributed by atoms with E-state index in [2.05, 4.69) is 30.1 Å². The first-order valence-electron chi connectivity index (χ1n) is 9.31. The van der Waals surface area contributed by atoms with Crippen LogP contribution in [0.5, 0.6) is 0 Å². The van der Waals surface area contributed by atoms with Crippen molar-refractivity contribution in [3.8, 4) is 9.88 Å². The largest absolute Gasteiger partial charge is 0.351 e. The molecule has 0 spiro atoms. The number of nitrogens with zero attached hydrogens (tertiary/aromatic N) is 5. The molecule has 0 unspecified atom stereocenters. The molecule has 1 amide bonds. The van der Waals surface area contributed by atoms with Crippen molar-refractivity contribution in [1.82, 2.24) is 25.2 Å². The van der Waals surface area contributed by atoms with Gasteiger partial charge in [-0.3, -0.25) is 9.69 Å². The number of nitrogens with one attached hydrogen (secondary N) is 1. The molecule has 0 aromatic carbocycles. The average molecular weight is 415 g/mol. The Bertz CT molecular complexity index is 875. The second kappa shape index (κ2) is 9.22. The molecule has 4 heterocycles. The second-order valence-electron chi connectivity index (χ2n) is 6.50. The van der Waals surface area contributed by atoms with Crippen LogP contribution in [-0.4, -0.2) is 65.0 Å². The maximum atomic E-state index is 12.3. The van der Waals surface area contributed by atoms with Gasteiger partial charge in [-0.1, -0.05) is 6.07 Å². The van der Waals surface area contributed by atoms with Crippen molar-refractivity contribution in [2.75, 3.05) is 44.2 Å². The Morgan fingerprint density at radius 2 is 1.93 bits per heavy atom. The quantitative estimate of drug-likeness (QED) is 0.599. The Balaban J connectivity index is 1.16. The van der Waals surface area contributed by atoms with E-state index >= 15 is 0 Å². The summed E-state index contributed by atoms with van der Waals surface area (Å²) >= 11 is 3.15. The molecule has 3 aromatic rings. The number of hydrogen-bond acceptors (Lipinski definition) is 8. The number of piperazine rings is 1. The molecule has 3 aromatic heterocycles. The van der Waals surface area contributed by atoms with Crippen molar-refractivity contribution in [3.05, 3.63) is 47.0 Å². The lowest BCUT2D eigenvalue weighted by atomic mass is 10.3. The number of hydrogen-bond donors (Lipinski definition) is 1. The summed E-state index contributed by atoms with van der Waals surface area (Å²) in [6.45, 7) is 5.47. The van der Waals surface area contributed by atoms with Gasteiger partial charge in [-0.2, -0.15) is 0 Å². The van der Waals surface area contributed by atoms with Gasteiger partial charge in [0, 0.05) is 50.5 Å². The number of anilines is 1. The van der Waals surface area contributed by atoms with Gasteiger partial charge in [0.25, 0.3) is 5.91 Å². The summed E-state index contributed by atoms with van der Waals surface area (Å²) in [4.78, 5) is 31.1. The Labute approximate surface area is 172 Å². The first kappa shape index (κ1) is 19.0. The molecule has 0 saturated carbocycles. The molecule has 146 valence electrons. The van der Waals surface area contributed by atoms with E-state index in [-0.39, 0.29) is 5.91 Å². The standard InChI is InChI=1S/C19H22N6OS2/c26-17(15-14-28-18(23-15)16-4-1-13-27-16)20-7-3-8-24-9-11-25(12-10-24)19-21-5-2-6-22-19/h1-2,4-6,13-14H,3,7-12H2,(H,20,26). The monoisotopic (exact) mass is 414 g/mol. The van der Waals surface area contributed by atoms with Crippen molar-refractivity contribution >= 4 is 34.5 Å². The van der Waals surface area contributed by atoms with Crippen molar-refractivity contribution in [1.29, 1.82) is 0 Å². The number of rotatable bonds is 7. The normalized spacial score (nSPS) is 14.9. The highest BCUT2D eigenvalue weighted by Crippen LogP contribution is 2.27. The summed E-state index contributed by atoms with van der Waals surface area (Å²) in [6, 6.07) is 5.85. The van der Waals surface area contributed by atoms with E-state index in [1.807, 2.05) is 29.0 Å². The van der Waals surface area contributed by atoms with Gasteiger partial charge in [0.15, 0.2) is 0 Å². The van der Waals surface area contributed by atoms with Crippen molar-refractivity contribution in [3.63, 3.8) is 0 Å². The van der Waals surface area contributed by atoms with Crippen LogP contribution in [-0.2, 0) is 0 Å². The minimum absolute atomic E-state index is 0.0925. The summed E-state index contributed by atoms with van der Waals surface area (Å²) in [5, 5.41) is 7.73. The van der Waals surface area contributed by atoms with E-state index in [1.165, 1.54) is 11.3 Å². The fourth-order valence-corrected chi connectivity index (χ4v) is 4.73. The summed E-state index contributed by atoms with van der Waals surface area (Å²) in [7, 11) is 0. The minimum Gasteiger partial charge on any atom is -0.351 e. The summed E-state index contributed by atoms with van der Waals surface area (Å²) < 4.78 is 0. The molecule has 7 nitrogen and oxygen atoms in total. The lowest BCUT2D eigenvalue weighted by molar-refractivity contribution is 0.0947. The van der Waals surface area contributed by atoms with Crippen LogP contribution in [0.25, 0.3) is 9.88 Å².